The molecule has 0 radical (unpaired) electrons. The molecule has 0 bridgehead atoms. The molecule has 0 fully saturated rings. The van der Waals surface area contributed by atoms with Crippen molar-refractivity contribution in [2.75, 3.05) is 0 Å². The third-order valence-corrected chi connectivity index (χ3v) is 2.81. The van der Waals surface area contributed by atoms with E-state index in [4.69, 9.17) is 10.5 Å². The second-order valence-electron chi connectivity index (χ2n) is 4.04. The number of hydrogen-bond acceptors (Lipinski definition) is 6. The first-order chi connectivity index (χ1) is 9.65. The van der Waals surface area contributed by atoms with E-state index >= 15 is 0 Å². The van der Waals surface area contributed by atoms with Crippen LogP contribution in [0.3, 0.4) is 0 Å². The Balaban J connectivity index is 2.19. The Morgan fingerprint density at radius 1 is 1.50 bits per heavy atom. The molecular weight excluding hydrogens is 262 g/mol. The molecule has 0 atom stereocenters. The van der Waals surface area contributed by atoms with Crippen molar-refractivity contribution >= 4 is 5.69 Å². The number of nitrogens with zero attached hydrogens (tertiary/aromatic N) is 4. The van der Waals surface area contributed by atoms with E-state index in [1.54, 1.807) is 16.8 Å². The maximum Gasteiger partial charge on any atom is 0.311 e. The van der Waals surface area contributed by atoms with Crippen molar-refractivity contribution in [1.82, 2.24) is 14.8 Å². The Labute approximate surface area is 115 Å². The molecule has 0 aliphatic carbocycles. The quantitative estimate of drug-likeness (QED) is 0.628. The summed E-state index contributed by atoms with van der Waals surface area (Å²) in [4.78, 5) is 14.6. The van der Waals surface area contributed by atoms with Gasteiger partial charge in [-0.25, -0.2) is 9.67 Å². The Morgan fingerprint density at radius 2 is 2.30 bits per heavy atom. The second-order valence-corrected chi connectivity index (χ2v) is 4.04. The van der Waals surface area contributed by atoms with Gasteiger partial charge in [0, 0.05) is 19.2 Å². The lowest BCUT2D eigenvalue weighted by Gasteiger charge is -2.08. The number of nitro groups is 1. The third-order valence-electron chi connectivity index (χ3n) is 2.81. The molecule has 0 unspecified atom stereocenters. The van der Waals surface area contributed by atoms with Crippen LogP contribution in [0.5, 0.6) is 5.75 Å². The number of aryl methyl sites for hydroxylation is 1. The standard InChI is InChI=1S/C12H15N5O3/c1-2-16-12(14-8-15-16)7-20-11-4-3-9(6-13)5-10(11)17(18)19/h3-5,8H,2,6-7,13H2,1H3. The number of nitrogens with two attached hydrogens (primary N) is 1. The van der Waals surface area contributed by atoms with Crippen molar-refractivity contribution < 1.29 is 9.66 Å². The zero-order valence-electron chi connectivity index (χ0n) is 11.0. The van der Waals surface area contributed by atoms with Crippen LogP contribution in [0.4, 0.5) is 5.69 Å². The van der Waals surface area contributed by atoms with Crippen LogP contribution in [-0.4, -0.2) is 19.7 Å². The minimum Gasteiger partial charge on any atom is -0.479 e. The van der Waals surface area contributed by atoms with Crippen LogP contribution in [0.15, 0.2) is 24.5 Å². The van der Waals surface area contributed by atoms with Crippen LogP contribution in [0.2, 0.25) is 0 Å². The zero-order chi connectivity index (χ0) is 14.5. The lowest BCUT2D eigenvalue weighted by atomic mass is 10.2. The van der Waals surface area contributed by atoms with Crippen molar-refractivity contribution in [3.8, 4) is 5.75 Å². The molecule has 8 heteroatoms. The fraction of sp³-hybridized carbons (Fsp3) is 0.333. The van der Waals surface area contributed by atoms with E-state index in [1.807, 2.05) is 6.92 Å². The average Bonchev–Trinajstić information content (AvgIpc) is 2.92. The van der Waals surface area contributed by atoms with Crippen LogP contribution in [0, 0.1) is 10.1 Å². The average molecular weight is 277 g/mol. The van der Waals surface area contributed by atoms with Crippen molar-refractivity contribution in [2.24, 2.45) is 5.73 Å². The monoisotopic (exact) mass is 277 g/mol. The predicted octanol–water partition coefficient (Wildman–Crippen LogP) is 1.24. The Kier molecular flexibility index (Phi) is 4.26. The number of hydrogen-bond donors (Lipinski definition) is 1. The fourth-order valence-corrected chi connectivity index (χ4v) is 1.76. The Morgan fingerprint density at radius 3 is 2.95 bits per heavy atom. The highest BCUT2D eigenvalue weighted by atomic mass is 16.6. The van der Waals surface area contributed by atoms with Gasteiger partial charge in [0.25, 0.3) is 0 Å². The number of rotatable bonds is 6. The van der Waals surface area contributed by atoms with Gasteiger partial charge in [-0.3, -0.25) is 10.1 Å². The van der Waals surface area contributed by atoms with Gasteiger partial charge in [-0.05, 0) is 18.6 Å². The van der Waals surface area contributed by atoms with Gasteiger partial charge in [0.2, 0.25) is 0 Å². The molecule has 0 amide bonds. The molecule has 1 aromatic heterocycles. The van der Waals surface area contributed by atoms with Gasteiger partial charge in [0.1, 0.15) is 12.9 Å². The first kappa shape index (κ1) is 13.9. The maximum absolute atomic E-state index is 11.0. The zero-order valence-corrected chi connectivity index (χ0v) is 11.0. The molecule has 20 heavy (non-hydrogen) atoms. The fourth-order valence-electron chi connectivity index (χ4n) is 1.76. The van der Waals surface area contributed by atoms with Gasteiger partial charge in [-0.1, -0.05) is 6.07 Å². The molecular formula is C12H15N5O3. The van der Waals surface area contributed by atoms with E-state index in [1.165, 1.54) is 12.4 Å². The van der Waals surface area contributed by atoms with E-state index < -0.39 is 4.92 Å². The molecule has 0 aliphatic heterocycles. The summed E-state index contributed by atoms with van der Waals surface area (Å²) in [6.45, 7) is 2.95. The van der Waals surface area contributed by atoms with Gasteiger partial charge in [0.15, 0.2) is 11.6 Å². The van der Waals surface area contributed by atoms with E-state index in [9.17, 15) is 10.1 Å². The Bertz CT molecular complexity index is 611. The molecule has 0 saturated carbocycles. The van der Waals surface area contributed by atoms with E-state index in [0.717, 1.165) is 0 Å². The van der Waals surface area contributed by atoms with Crippen LogP contribution in [-0.2, 0) is 19.7 Å². The summed E-state index contributed by atoms with van der Waals surface area (Å²) >= 11 is 0. The molecule has 2 N–H and O–H groups in total. The molecule has 106 valence electrons. The number of ether oxygens (including phenoxy) is 1. The molecule has 0 saturated heterocycles. The highest BCUT2D eigenvalue weighted by molar-refractivity contribution is 5.48. The molecule has 8 nitrogen and oxygen atoms in total. The van der Waals surface area contributed by atoms with Crippen molar-refractivity contribution in [3.05, 3.63) is 46.0 Å². The SMILES string of the molecule is CCn1ncnc1COc1ccc(CN)cc1[N+](=O)[O-]. The first-order valence-corrected chi connectivity index (χ1v) is 6.12. The lowest BCUT2D eigenvalue weighted by Crippen LogP contribution is -2.08. The van der Waals surface area contributed by atoms with E-state index in [0.29, 0.717) is 17.9 Å². The highest BCUT2D eigenvalue weighted by Gasteiger charge is 2.16. The van der Waals surface area contributed by atoms with Crippen molar-refractivity contribution in [1.29, 1.82) is 0 Å². The smallest absolute Gasteiger partial charge is 0.311 e. The van der Waals surface area contributed by atoms with Crippen LogP contribution in [0.1, 0.15) is 18.3 Å². The molecule has 2 aromatic rings. The summed E-state index contributed by atoms with van der Waals surface area (Å²) in [6.07, 6.45) is 1.42. The Hall–Kier alpha value is -2.48. The number of aromatic nitrogens is 3. The molecule has 2 rings (SSSR count). The number of nitro benzene ring substituents is 1. The second kappa shape index (κ2) is 6.11. The van der Waals surface area contributed by atoms with Crippen LogP contribution < -0.4 is 10.5 Å². The van der Waals surface area contributed by atoms with Gasteiger partial charge < -0.3 is 10.5 Å². The van der Waals surface area contributed by atoms with Gasteiger partial charge in [-0.15, -0.1) is 0 Å². The van der Waals surface area contributed by atoms with Crippen molar-refractivity contribution in [3.63, 3.8) is 0 Å². The minimum atomic E-state index is -0.487. The summed E-state index contributed by atoms with van der Waals surface area (Å²) in [5.41, 5.74) is 6.05. The van der Waals surface area contributed by atoms with Crippen molar-refractivity contribution in [2.45, 2.75) is 26.6 Å². The maximum atomic E-state index is 11.0. The minimum absolute atomic E-state index is 0.101. The van der Waals surface area contributed by atoms with Crippen LogP contribution in [0.25, 0.3) is 0 Å². The molecule has 0 aliphatic rings. The van der Waals surface area contributed by atoms with Gasteiger partial charge >= 0.3 is 5.69 Å². The highest BCUT2D eigenvalue weighted by Crippen LogP contribution is 2.28. The lowest BCUT2D eigenvalue weighted by molar-refractivity contribution is -0.386. The summed E-state index contributed by atoms with van der Waals surface area (Å²) < 4.78 is 7.15. The first-order valence-electron chi connectivity index (χ1n) is 6.12. The van der Waals surface area contributed by atoms with E-state index in [-0.39, 0.29) is 24.6 Å². The molecule has 0 spiro atoms. The van der Waals surface area contributed by atoms with Gasteiger partial charge in [-0.2, -0.15) is 5.10 Å². The summed E-state index contributed by atoms with van der Waals surface area (Å²) in [5, 5.41) is 15.0. The van der Waals surface area contributed by atoms with E-state index in [2.05, 4.69) is 10.1 Å². The summed E-state index contributed by atoms with van der Waals surface area (Å²) in [6, 6.07) is 4.67. The number of benzene rings is 1. The normalized spacial score (nSPS) is 10.5. The van der Waals surface area contributed by atoms with Crippen LogP contribution >= 0.6 is 0 Å². The topological polar surface area (TPSA) is 109 Å². The van der Waals surface area contributed by atoms with Gasteiger partial charge in [0.05, 0.1) is 4.92 Å². The molecule has 1 aromatic carbocycles. The largest absolute Gasteiger partial charge is 0.479 e. The third kappa shape index (κ3) is 2.91. The summed E-state index contributed by atoms with van der Waals surface area (Å²) in [5.74, 6) is 0.808. The predicted molar refractivity (Wildman–Crippen MR) is 71.0 cm³/mol. The summed E-state index contributed by atoms with van der Waals surface area (Å²) in [7, 11) is 0. The molecule has 1 heterocycles.